The lowest BCUT2D eigenvalue weighted by Gasteiger charge is -2.41. The summed E-state index contributed by atoms with van der Waals surface area (Å²) in [5, 5.41) is 2.83. The van der Waals surface area contributed by atoms with Gasteiger partial charge in [-0.3, -0.25) is 9.69 Å². The summed E-state index contributed by atoms with van der Waals surface area (Å²) in [5.74, 6) is -0.0858. The smallest absolute Gasteiger partial charge is 0.243 e. The third-order valence-corrected chi connectivity index (χ3v) is 4.24. The topological polar surface area (TPSA) is 35.6 Å². The average Bonchev–Trinajstić information content (AvgIpc) is 2.52. The second kappa shape index (κ2) is 7.99. The lowest BCUT2D eigenvalue weighted by Crippen LogP contribution is -2.52. The normalized spacial score (nSPS) is 19.0. The van der Waals surface area contributed by atoms with Gasteiger partial charge in [0.1, 0.15) is 0 Å². The second-order valence-corrected chi connectivity index (χ2v) is 6.02. The van der Waals surface area contributed by atoms with Gasteiger partial charge in [0.15, 0.2) is 0 Å². The fourth-order valence-electron chi connectivity index (χ4n) is 2.95. The van der Waals surface area contributed by atoms with Crippen LogP contribution in [-0.2, 0) is 4.79 Å². The Morgan fingerprint density at radius 1 is 1.45 bits per heavy atom. The van der Waals surface area contributed by atoms with Crippen LogP contribution in [0.25, 0.3) is 0 Å². The van der Waals surface area contributed by atoms with Crippen molar-refractivity contribution in [1.29, 1.82) is 0 Å². The highest BCUT2D eigenvalue weighted by atomic mass is 16.1. The van der Waals surface area contributed by atoms with Crippen molar-refractivity contribution in [3.63, 3.8) is 0 Å². The van der Waals surface area contributed by atoms with Gasteiger partial charge >= 0.3 is 0 Å². The Hall–Kier alpha value is -1.81. The highest BCUT2D eigenvalue weighted by Gasteiger charge is 2.23. The van der Waals surface area contributed by atoms with Crippen LogP contribution in [-0.4, -0.2) is 49.6 Å². The summed E-state index contributed by atoms with van der Waals surface area (Å²) in [6.45, 7) is 12.8. The summed E-state index contributed by atoms with van der Waals surface area (Å²) in [6, 6.07) is 9.25. The van der Waals surface area contributed by atoms with Crippen LogP contribution in [0.2, 0.25) is 0 Å². The summed E-state index contributed by atoms with van der Waals surface area (Å²) < 4.78 is 0. The predicted octanol–water partition coefficient (Wildman–Crippen LogP) is 2.20. The number of hydrogen-bond donors (Lipinski definition) is 1. The molecule has 0 bridgehead atoms. The third kappa shape index (κ3) is 4.60. The molecule has 1 saturated heterocycles. The van der Waals surface area contributed by atoms with Gasteiger partial charge in [-0.2, -0.15) is 0 Å². The number of nitrogens with zero attached hydrogens (tertiary/aromatic N) is 2. The van der Waals surface area contributed by atoms with Gasteiger partial charge in [-0.1, -0.05) is 18.7 Å². The minimum atomic E-state index is -0.0858. The van der Waals surface area contributed by atoms with Gasteiger partial charge < -0.3 is 10.2 Å². The van der Waals surface area contributed by atoms with Crippen LogP contribution in [0.3, 0.4) is 0 Å². The number of nitrogens with one attached hydrogen (secondary N) is 1. The summed E-state index contributed by atoms with van der Waals surface area (Å²) in [5.41, 5.74) is 2.63. The fraction of sp³-hybridized carbons (Fsp3) is 0.500. The maximum absolute atomic E-state index is 11.1. The van der Waals surface area contributed by atoms with Crippen molar-refractivity contribution in [1.82, 2.24) is 10.2 Å². The van der Waals surface area contributed by atoms with Gasteiger partial charge in [-0.15, -0.1) is 0 Å². The zero-order chi connectivity index (χ0) is 15.9. The number of amides is 1. The van der Waals surface area contributed by atoms with Gasteiger partial charge in [-0.25, -0.2) is 0 Å². The van der Waals surface area contributed by atoms with Gasteiger partial charge in [-0.05, 0) is 44.0 Å². The van der Waals surface area contributed by atoms with Gasteiger partial charge in [0.05, 0.1) is 0 Å². The lowest BCUT2D eigenvalue weighted by atomic mass is 10.1. The van der Waals surface area contributed by atoms with E-state index in [9.17, 15) is 4.79 Å². The molecule has 1 aromatic carbocycles. The highest BCUT2D eigenvalue weighted by molar-refractivity contribution is 5.86. The van der Waals surface area contributed by atoms with Crippen molar-refractivity contribution in [3.05, 3.63) is 42.5 Å². The van der Waals surface area contributed by atoms with Crippen molar-refractivity contribution in [2.75, 3.05) is 37.6 Å². The van der Waals surface area contributed by atoms with E-state index in [0.29, 0.717) is 6.04 Å². The lowest BCUT2D eigenvalue weighted by molar-refractivity contribution is -0.116. The van der Waals surface area contributed by atoms with E-state index < -0.39 is 0 Å². The molecule has 0 aliphatic carbocycles. The number of benzene rings is 1. The van der Waals surface area contributed by atoms with Crippen molar-refractivity contribution < 1.29 is 4.79 Å². The van der Waals surface area contributed by atoms with Crippen LogP contribution in [0.5, 0.6) is 0 Å². The molecule has 1 aromatic rings. The predicted molar refractivity (Wildman–Crippen MR) is 92.3 cm³/mol. The van der Waals surface area contributed by atoms with E-state index in [4.69, 9.17) is 0 Å². The van der Waals surface area contributed by atoms with Crippen molar-refractivity contribution in [2.24, 2.45) is 0 Å². The molecular weight excluding hydrogens is 274 g/mol. The maximum Gasteiger partial charge on any atom is 0.243 e. The summed E-state index contributed by atoms with van der Waals surface area (Å²) >= 11 is 0. The summed E-state index contributed by atoms with van der Waals surface area (Å²) in [4.78, 5) is 16.1. The molecule has 0 radical (unpaired) electrons. The molecule has 4 nitrogen and oxygen atoms in total. The largest absolute Gasteiger partial charge is 0.369 e. The van der Waals surface area contributed by atoms with E-state index in [1.165, 1.54) is 17.3 Å². The minimum Gasteiger partial charge on any atom is -0.369 e. The number of carbonyl (C=O) groups excluding carboxylic acids is 1. The number of anilines is 1. The Balaban J connectivity index is 1.78. The van der Waals surface area contributed by atoms with Crippen LogP contribution < -0.4 is 10.2 Å². The fourth-order valence-corrected chi connectivity index (χ4v) is 2.95. The quantitative estimate of drug-likeness (QED) is 0.646. The van der Waals surface area contributed by atoms with Crippen molar-refractivity contribution in [3.8, 4) is 0 Å². The first kappa shape index (κ1) is 16.6. The summed E-state index contributed by atoms with van der Waals surface area (Å²) in [6.07, 6.45) is 2.30. The van der Waals surface area contributed by atoms with E-state index in [1.807, 2.05) is 0 Å². The van der Waals surface area contributed by atoms with E-state index in [0.717, 1.165) is 39.1 Å². The average molecular weight is 301 g/mol. The third-order valence-electron chi connectivity index (χ3n) is 4.24. The highest BCUT2D eigenvalue weighted by Crippen LogP contribution is 2.20. The zero-order valence-electron chi connectivity index (χ0n) is 13.7. The van der Waals surface area contributed by atoms with Crippen LogP contribution in [0.4, 0.5) is 5.69 Å². The Bertz CT molecular complexity index is 515. The Kier molecular flexibility index (Phi) is 6.01. The van der Waals surface area contributed by atoms with Crippen LogP contribution in [0, 0.1) is 6.92 Å². The molecule has 4 heteroatoms. The van der Waals surface area contributed by atoms with Crippen molar-refractivity contribution in [2.45, 2.75) is 26.3 Å². The standard InChI is InChI=1S/C18H27N3O/c1-4-18(22)19-9-6-10-20-11-12-21(14-16(20)3)17-8-5-7-15(2)13-17/h4-5,7-8,13,16H,1,6,9-12,14H2,2-3H3,(H,19,22). The van der Waals surface area contributed by atoms with Crippen LogP contribution in [0.1, 0.15) is 18.9 Å². The number of hydrogen-bond acceptors (Lipinski definition) is 3. The van der Waals surface area contributed by atoms with E-state index >= 15 is 0 Å². The van der Waals surface area contributed by atoms with E-state index in [2.05, 4.69) is 59.8 Å². The number of rotatable bonds is 6. The molecule has 1 amide bonds. The first-order valence-electron chi connectivity index (χ1n) is 8.06. The van der Waals surface area contributed by atoms with Gasteiger partial charge in [0, 0.05) is 44.5 Å². The van der Waals surface area contributed by atoms with Crippen LogP contribution in [0.15, 0.2) is 36.9 Å². The number of carbonyl (C=O) groups is 1. The first-order chi connectivity index (χ1) is 10.6. The minimum absolute atomic E-state index is 0.0858. The molecule has 0 saturated carbocycles. The van der Waals surface area contributed by atoms with Crippen molar-refractivity contribution >= 4 is 11.6 Å². The van der Waals surface area contributed by atoms with E-state index in [1.54, 1.807) is 0 Å². The number of piperazine rings is 1. The molecule has 1 N–H and O–H groups in total. The Morgan fingerprint density at radius 2 is 2.27 bits per heavy atom. The van der Waals surface area contributed by atoms with E-state index in [-0.39, 0.29) is 5.91 Å². The first-order valence-corrected chi connectivity index (χ1v) is 8.06. The molecule has 1 aliphatic rings. The zero-order valence-corrected chi connectivity index (χ0v) is 13.7. The van der Waals surface area contributed by atoms with Gasteiger partial charge in [0.25, 0.3) is 0 Å². The molecule has 120 valence electrons. The molecule has 1 atom stereocenters. The molecular formula is C18H27N3O. The van der Waals surface area contributed by atoms with Gasteiger partial charge in [0.2, 0.25) is 5.91 Å². The SMILES string of the molecule is C=CC(=O)NCCCN1CCN(c2cccc(C)c2)CC1C. The second-order valence-electron chi connectivity index (χ2n) is 6.02. The monoisotopic (exact) mass is 301 g/mol. The Morgan fingerprint density at radius 3 is 2.95 bits per heavy atom. The molecule has 1 heterocycles. The molecule has 1 fully saturated rings. The Labute approximate surface area is 133 Å². The summed E-state index contributed by atoms with van der Waals surface area (Å²) in [7, 11) is 0. The maximum atomic E-state index is 11.1. The molecule has 0 aromatic heterocycles. The van der Waals surface area contributed by atoms with Crippen LogP contribution >= 0.6 is 0 Å². The molecule has 1 unspecified atom stereocenters. The molecule has 1 aliphatic heterocycles. The molecule has 22 heavy (non-hydrogen) atoms. The number of aryl methyl sites for hydroxylation is 1. The molecule has 2 rings (SSSR count). The molecule has 0 spiro atoms.